The first kappa shape index (κ1) is 20.6. The smallest absolute Gasteiger partial charge is 0.305 e. The number of aliphatic carboxylic acids is 1. The topological polar surface area (TPSA) is 82.5 Å². The van der Waals surface area contributed by atoms with Crippen LogP contribution < -0.4 is 5.32 Å². The minimum atomic E-state index is -0.899. The minimum Gasteiger partial charge on any atom is -0.508 e. The molecule has 152 valence electrons. The number of fused-ring (bicyclic) bond motifs is 1. The van der Waals surface area contributed by atoms with Gasteiger partial charge in [-0.1, -0.05) is 19.9 Å². The number of carbonyl (C=O) groups is 1. The second-order valence-electron chi connectivity index (χ2n) is 7.71. The van der Waals surface area contributed by atoms with Crippen LogP contribution in [-0.2, 0) is 4.79 Å². The standard InChI is InChI=1S/C23H25FN2O3/c1-12(2)21-22(15-5-8-18(24)13(3)9-15)17-7-6-16(27)11-19(17)26-23(21)25-14(4)10-20(28)29/h5-9,11-12,14,27H,10H2,1-4H3,(H,25,26)(H,28,29)/t14-/m1/s1. The monoisotopic (exact) mass is 396 g/mol. The van der Waals surface area contributed by atoms with Crippen LogP contribution in [0.3, 0.4) is 0 Å². The number of aromatic nitrogens is 1. The zero-order valence-electron chi connectivity index (χ0n) is 17.0. The Balaban J connectivity index is 2.32. The van der Waals surface area contributed by atoms with E-state index in [1.807, 2.05) is 19.9 Å². The van der Waals surface area contributed by atoms with Gasteiger partial charge in [0.1, 0.15) is 17.4 Å². The third-order valence-electron chi connectivity index (χ3n) is 4.90. The predicted octanol–water partition coefficient (Wildman–Crippen LogP) is 5.45. The number of phenolic OH excluding ortho intramolecular Hbond substituents is 1. The summed E-state index contributed by atoms with van der Waals surface area (Å²) >= 11 is 0. The van der Waals surface area contributed by atoms with Gasteiger partial charge in [-0.25, -0.2) is 9.37 Å². The zero-order chi connectivity index (χ0) is 21.3. The number of pyridine rings is 1. The summed E-state index contributed by atoms with van der Waals surface area (Å²) in [5.74, 6) is -0.439. The van der Waals surface area contributed by atoms with Gasteiger partial charge in [0.25, 0.3) is 0 Å². The molecular weight excluding hydrogens is 371 g/mol. The third-order valence-corrected chi connectivity index (χ3v) is 4.90. The van der Waals surface area contributed by atoms with Crippen molar-refractivity contribution in [2.45, 2.75) is 46.1 Å². The number of carboxylic acid groups (broad SMARTS) is 1. The maximum absolute atomic E-state index is 13.9. The Labute approximate surface area is 169 Å². The number of rotatable bonds is 6. The van der Waals surface area contributed by atoms with Crippen molar-refractivity contribution in [1.82, 2.24) is 4.98 Å². The molecule has 0 radical (unpaired) electrons. The number of benzene rings is 2. The van der Waals surface area contributed by atoms with Crippen LogP contribution >= 0.6 is 0 Å². The van der Waals surface area contributed by atoms with Crippen LogP contribution in [0, 0.1) is 12.7 Å². The van der Waals surface area contributed by atoms with Crippen LogP contribution in [0.15, 0.2) is 36.4 Å². The summed E-state index contributed by atoms with van der Waals surface area (Å²) < 4.78 is 13.9. The Hall–Kier alpha value is -3.15. The number of hydrogen-bond acceptors (Lipinski definition) is 4. The first-order chi connectivity index (χ1) is 13.7. The first-order valence-electron chi connectivity index (χ1n) is 9.58. The molecule has 1 atom stereocenters. The van der Waals surface area contributed by atoms with E-state index in [9.17, 15) is 14.3 Å². The molecule has 0 aliphatic heterocycles. The van der Waals surface area contributed by atoms with E-state index < -0.39 is 5.97 Å². The number of hydrogen-bond donors (Lipinski definition) is 3. The van der Waals surface area contributed by atoms with Gasteiger partial charge in [0.15, 0.2) is 0 Å². The summed E-state index contributed by atoms with van der Waals surface area (Å²) in [5.41, 5.74) is 3.79. The predicted molar refractivity (Wildman–Crippen MR) is 113 cm³/mol. The van der Waals surface area contributed by atoms with Gasteiger partial charge >= 0.3 is 5.97 Å². The average Bonchev–Trinajstić information content (AvgIpc) is 2.61. The van der Waals surface area contributed by atoms with Crippen LogP contribution in [-0.4, -0.2) is 27.2 Å². The molecule has 0 spiro atoms. The summed E-state index contributed by atoms with van der Waals surface area (Å²) in [5, 5.41) is 23.1. The van der Waals surface area contributed by atoms with E-state index in [0.717, 1.165) is 22.1 Å². The normalized spacial score (nSPS) is 12.3. The van der Waals surface area contributed by atoms with E-state index in [0.29, 0.717) is 16.9 Å². The van der Waals surface area contributed by atoms with Gasteiger partial charge < -0.3 is 15.5 Å². The maximum atomic E-state index is 13.9. The molecular formula is C23H25FN2O3. The summed E-state index contributed by atoms with van der Waals surface area (Å²) in [7, 11) is 0. The summed E-state index contributed by atoms with van der Waals surface area (Å²) in [6.07, 6.45) is -0.0533. The lowest BCUT2D eigenvalue weighted by Crippen LogP contribution is -2.21. The largest absolute Gasteiger partial charge is 0.508 e. The van der Waals surface area contributed by atoms with E-state index >= 15 is 0 Å². The number of phenols is 1. The molecule has 0 unspecified atom stereocenters. The minimum absolute atomic E-state index is 0.0533. The highest BCUT2D eigenvalue weighted by Crippen LogP contribution is 2.40. The SMILES string of the molecule is Cc1cc(-c2c(C(C)C)c(N[C@H](C)CC(=O)O)nc3cc(O)ccc23)ccc1F. The number of aromatic hydroxyl groups is 1. The van der Waals surface area contributed by atoms with E-state index in [4.69, 9.17) is 10.1 Å². The van der Waals surface area contributed by atoms with Gasteiger partial charge in [0.2, 0.25) is 0 Å². The Morgan fingerprint density at radius 2 is 1.90 bits per heavy atom. The quantitative estimate of drug-likeness (QED) is 0.516. The fourth-order valence-corrected chi connectivity index (χ4v) is 3.60. The van der Waals surface area contributed by atoms with Crippen molar-refractivity contribution in [1.29, 1.82) is 0 Å². The van der Waals surface area contributed by atoms with Crippen molar-refractivity contribution in [3.05, 3.63) is 53.3 Å². The van der Waals surface area contributed by atoms with Crippen molar-refractivity contribution in [3.8, 4) is 16.9 Å². The van der Waals surface area contributed by atoms with E-state index in [1.165, 1.54) is 6.07 Å². The van der Waals surface area contributed by atoms with Crippen LogP contribution in [0.4, 0.5) is 10.2 Å². The molecule has 0 fully saturated rings. The molecule has 6 heteroatoms. The lowest BCUT2D eigenvalue weighted by atomic mass is 9.89. The number of nitrogens with zero attached hydrogens (tertiary/aromatic N) is 1. The van der Waals surface area contributed by atoms with Crippen LogP contribution in [0.25, 0.3) is 22.0 Å². The molecule has 0 amide bonds. The molecule has 1 heterocycles. The number of nitrogens with one attached hydrogen (secondary N) is 1. The Morgan fingerprint density at radius 3 is 2.52 bits per heavy atom. The fourth-order valence-electron chi connectivity index (χ4n) is 3.60. The molecule has 0 aliphatic rings. The molecule has 1 aromatic heterocycles. The van der Waals surface area contributed by atoms with Crippen molar-refractivity contribution in [2.24, 2.45) is 0 Å². The molecule has 2 aromatic carbocycles. The molecule has 0 aliphatic carbocycles. The highest BCUT2D eigenvalue weighted by Gasteiger charge is 2.21. The summed E-state index contributed by atoms with van der Waals surface area (Å²) in [6, 6.07) is 9.63. The lowest BCUT2D eigenvalue weighted by Gasteiger charge is -2.23. The molecule has 3 rings (SSSR count). The van der Waals surface area contributed by atoms with Crippen molar-refractivity contribution < 1.29 is 19.4 Å². The van der Waals surface area contributed by atoms with Gasteiger partial charge in [-0.05, 0) is 60.7 Å². The van der Waals surface area contributed by atoms with Crippen molar-refractivity contribution >= 4 is 22.7 Å². The Bertz CT molecular complexity index is 1080. The summed E-state index contributed by atoms with van der Waals surface area (Å²) in [6.45, 7) is 7.58. The van der Waals surface area contributed by atoms with Crippen molar-refractivity contribution in [2.75, 3.05) is 5.32 Å². The van der Waals surface area contributed by atoms with E-state index in [-0.39, 0.29) is 29.9 Å². The first-order valence-corrected chi connectivity index (χ1v) is 9.58. The molecule has 5 nitrogen and oxygen atoms in total. The number of anilines is 1. The third kappa shape index (κ3) is 4.31. The van der Waals surface area contributed by atoms with Gasteiger partial charge in [-0.15, -0.1) is 0 Å². The van der Waals surface area contributed by atoms with E-state index in [1.54, 1.807) is 38.1 Å². The van der Waals surface area contributed by atoms with Gasteiger partial charge in [-0.3, -0.25) is 4.79 Å². The maximum Gasteiger partial charge on any atom is 0.305 e. The fraction of sp³-hybridized carbons (Fsp3) is 0.304. The second-order valence-corrected chi connectivity index (χ2v) is 7.71. The van der Waals surface area contributed by atoms with Crippen LogP contribution in [0.2, 0.25) is 0 Å². The number of carboxylic acids is 1. The average molecular weight is 396 g/mol. The summed E-state index contributed by atoms with van der Waals surface area (Å²) in [4.78, 5) is 15.8. The lowest BCUT2D eigenvalue weighted by molar-refractivity contribution is -0.137. The van der Waals surface area contributed by atoms with Crippen molar-refractivity contribution in [3.63, 3.8) is 0 Å². The molecule has 0 saturated carbocycles. The zero-order valence-corrected chi connectivity index (χ0v) is 17.0. The molecule has 3 N–H and O–H groups in total. The highest BCUT2D eigenvalue weighted by atomic mass is 19.1. The van der Waals surface area contributed by atoms with Gasteiger partial charge in [-0.2, -0.15) is 0 Å². The van der Waals surface area contributed by atoms with Crippen LogP contribution in [0.1, 0.15) is 44.2 Å². The van der Waals surface area contributed by atoms with Crippen LogP contribution in [0.5, 0.6) is 5.75 Å². The molecule has 29 heavy (non-hydrogen) atoms. The van der Waals surface area contributed by atoms with Gasteiger partial charge in [0.05, 0.1) is 11.9 Å². The van der Waals surface area contributed by atoms with E-state index in [2.05, 4.69) is 5.32 Å². The Morgan fingerprint density at radius 1 is 1.17 bits per heavy atom. The molecule has 0 bridgehead atoms. The highest BCUT2D eigenvalue weighted by molar-refractivity contribution is 5.99. The molecule has 3 aromatic rings. The molecule has 0 saturated heterocycles. The number of halogens is 1. The Kier molecular flexibility index (Phi) is 5.73. The second kappa shape index (κ2) is 8.07. The number of aryl methyl sites for hydroxylation is 1. The van der Waals surface area contributed by atoms with Gasteiger partial charge in [0, 0.05) is 23.1 Å².